The number of nitrogens with zero attached hydrogens (tertiary/aromatic N) is 2. The highest BCUT2D eigenvalue weighted by atomic mass is 19.1. The van der Waals surface area contributed by atoms with Gasteiger partial charge in [-0.1, -0.05) is 30.3 Å². The number of methoxy groups -OCH3 is 1. The molecule has 146 valence electrons. The van der Waals surface area contributed by atoms with Crippen molar-refractivity contribution in [3.63, 3.8) is 0 Å². The molecule has 7 nitrogen and oxygen atoms in total. The van der Waals surface area contributed by atoms with Gasteiger partial charge >= 0.3 is 6.03 Å². The molecule has 2 amide bonds. The van der Waals surface area contributed by atoms with Crippen molar-refractivity contribution < 1.29 is 13.9 Å². The number of halogens is 1. The molecule has 0 aliphatic heterocycles. The fourth-order valence-corrected chi connectivity index (χ4v) is 2.78. The zero-order chi connectivity index (χ0) is 19.9. The van der Waals surface area contributed by atoms with Gasteiger partial charge in [0.15, 0.2) is 0 Å². The van der Waals surface area contributed by atoms with Crippen LogP contribution in [-0.4, -0.2) is 29.5 Å². The number of rotatable bonds is 7. The summed E-state index contributed by atoms with van der Waals surface area (Å²) >= 11 is 0. The summed E-state index contributed by atoms with van der Waals surface area (Å²) in [6.45, 7) is 1.11. The van der Waals surface area contributed by atoms with Crippen molar-refractivity contribution in [3.05, 3.63) is 76.0 Å². The lowest BCUT2D eigenvalue weighted by molar-refractivity contribution is 0.181. The summed E-state index contributed by atoms with van der Waals surface area (Å²) in [5.74, 6) is -0.324. The van der Waals surface area contributed by atoms with Gasteiger partial charge in [0, 0.05) is 19.0 Å². The zero-order valence-electron chi connectivity index (χ0n) is 15.4. The molecule has 0 atom stereocenters. The second kappa shape index (κ2) is 9.09. The lowest BCUT2D eigenvalue weighted by Crippen LogP contribution is -2.35. The maximum absolute atomic E-state index is 12.9. The van der Waals surface area contributed by atoms with E-state index in [1.54, 1.807) is 37.4 Å². The topological polar surface area (TPSA) is 85.2 Å². The monoisotopic (exact) mass is 384 g/mol. The Bertz CT molecular complexity index is 1020. The lowest BCUT2D eigenvalue weighted by atomic mass is 10.1. The van der Waals surface area contributed by atoms with Crippen molar-refractivity contribution in [2.75, 3.05) is 13.7 Å². The number of urea groups is 1. The van der Waals surface area contributed by atoms with Crippen LogP contribution in [0.1, 0.15) is 11.3 Å². The third-order valence-electron chi connectivity index (χ3n) is 4.23. The second-order valence-electron chi connectivity index (χ2n) is 6.18. The minimum atomic E-state index is -0.384. The van der Waals surface area contributed by atoms with Crippen LogP contribution in [0.5, 0.6) is 0 Å². The van der Waals surface area contributed by atoms with E-state index in [1.165, 1.54) is 16.8 Å². The van der Waals surface area contributed by atoms with E-state index < -0.39 is 0 Å². The lowest BCUT2D eigenvalue weighted by Gasteiger charge is -2.12. The van der Waals surface area contributed by atoms with E-state index in [2.05, 4.69) is 15.7 Å². The largest absolute Gasteiger partial charge is 0.383 e. The van der Waals surface area contributed by atoms with Crippen LogP contribution in [0.2, 0.25) is 0 Å². The fourth-order valence-electron chi connectivity index (χ4n) is 2.78. The van der Waals surface area contributed by atoms with Gasteiger partial charge in [0.2, 0.25) is 0 Å². The molecular weight excluding hydrogens is 363 g/mol. The van der Waals surface area contributed by atoms with Crippen LogP contribution in [0.15, 0.2) is 53.3 Å². The number of amides is 2. The van der Waals surface area contributed by atoms with Crippen molar-refractivity contribution in [3.8, 4) is 0 Å². The molecule has 3 aromatic rings. The number of nitrogens with one attached hydrogen (secondary N) is 2. The first-order chi connectivity index (χ1) is 13.6. The minimum absolute atomic E-state index is 0.156. The predicted octanol–water partition coefficient (Wildman–Crippen LogP) is 2.18. The average Bonchev–Trinajstić information content (AvgIpc) is 2.72. The number of aromatic nitrogens is 2. The van der Waals surface area contributed by atoms with Crippen molar-refractivity contribution >= 4 is 16.8 Å². The molecule has 0 spiro atoms. The van der Waals surface area contributed by atoms with Gasteiger partial charge in [0.05, 0.1) is 30.8 Å². The van der Waals surface area contributed by atoms with Gasteiger partial charge in [0.1, 0.15) is 5.82 Å². The van der Waals surface area contributed by atoms with Crippen LogP contribution in [0.4, 0.5) is 9.18 Å². The van der Waals surface area contributed by atoms with Gasteiger partial charge in [-0.3, -0.25) is 4.79 Å². The molecule has 0 fully saturated rings. The van der Waals surface area contributed by atoms with Gasteiger partial charge in [-0.15, -0.1) is 0 Å². The Labute approximate surface area is 161 Å². The summed E-state index contributed by atoms with van der Waals surface area (Å²) in [7, 11) is 1.56. The molecule has 3 rings (SSSR count). The highest BCUT2D eigenvalue weighted by Crippen LogP contribution is 2.13. The van der Waals surface area contributed by atoms with Crippen molar-refractivity contribution in [2.45, 2.75) is 19.6 Å². The number of ether oxygens (including phenoxy) is 1. The quantitative estimate of drug-likeness (QED) is 0.654. The van der Waals surface area contributed by atoms with Gasteiger partial charge in [-0.05, 0) is 23.8 Å². The predicted molar refractivity (Wildman–Crippen MR) is 103 cm³/mol. The van der Waals surface area contributed by atoms with Gasteiger partial charge in [-0.2, -0.15) is 5.10 Å². The molecule has 0 aliphatic rings. The second-order valence-corrected chi connectivity index (χ2v) is 6.18. The van der Waals surface area contributed by atoms with E-state index in [9.17, 15) is 14.0 Å². The third-order valence-corrected chi connectivity index (χ3v) is 4.23. The van der Waals surface area contributed by atoms with Crippen molar-refractivity contribution in [1.29, 1.82) is 0 Å². The van der Waals surface area contributed by atoms with Gasteiger partial charge in [0.25, 0.3) is 5.56 Å². The summed E-state index contributed by atoms with van der Waals surface area (Å²) in [5.41, 5.74) is 1.17. The van der Waals surface area contributed by atoms with Gasteiger partial charge in [-0.25, -0.2) is 13.9 Å². The molecule has 0 saturated carbocycles. The van der Waals surface area contributed by atoms with Crippen LogP contribution in [0, 0.1) is 5.82 Å². The molecule has 1 heterocycles. The summed E-state index contributed by atoms with van der Waals surface area (Å²) in [6.07, 6.45) is 0. The fraction of sp³-hybridized carbons (Fsp3) is 0.250. The summed E-state index contributed by atoms with van der Waals surface area (Å²) < 4.78 is 19.3. The maximum atomic E-state index is 12.9. The molecule has 2 aromatic carbocycles. The first kappa shape index (κ1) is 19.5. The molecule has 0 saturated heterocycles. The Balaban J connectivity index is 1.70. The zero-order valence-corrected chi connectivity index (χ0v) is 15.4. The molecule has 0 unspecified atom stereocenters. The summed E-state index contributed by atoms with van der Waals surface area (Å²) in [6, 6.07) is 12.7. The number of hydrogen-bond donors (Lipinski definition) is 2. The number of hydrogen-bond acceptors (Lipinski definition) is 4. The smallest absolute Gasteiger partial charge is 0.315 e. The highest BCUT2D eigenvalue weighted by molar-refractivity contribution is 5.84. The Morgan fingerprint density at radius 3 is 2.46 bits per heavy atom. The number of carbonyl (C=O) groups excluding carboxylic acids is 1. The van der Waals surface area contributed by atoms with E-state index in [4.69, 9.17) is 4.74 Å². The van der Waals surface area contributed by atoms with Gasteiger partial charge < -0.3 is 15.4 Å². The van der Waals surface area contributed by atoms with Crippen LogP contribution in [0.3, 0.4) is 0 Å². The van der Waals surface area contributed by atoms with Crippen LogP contribution < -0.4 is 16.2 Å². The molecule has 28 heavy (non-hydrogen) atoms. The van der Waals surface area contributed by atoms with E-state index >= 15 is 0 Å². The molecule has 0 aliphatic carbocycles. The summed E-state index contributed by atoms with van der Waals surface area (Å²) in [5, 5.41) is 11.1. The standard InChI is InChI=1S/C20H21FN4O3/c1-28-11-10-25-19(26)17-5-3-2-4-16(17)18(24-25)13-23-20(27)22-12-14-6-8-15(21)9-7-14/h2-9H,10-13H2,1H3,(H2,22,23,27). The third kappa shape index (κ3) is 4.72. The molecule has 0 radical (unpaired) electrons. The molecule has 2 N–H and O–H groups in total. The molecule has 1 aromatic heterocycles. The molecule has 0 bridgehead atoms. The van der Waals surface area contributed by atoms with Crippen molar-refractivity contribution in [1.82, 2.24) is 20.4 Å². The van der Waals surface area contributed by atoms with Crippen LogP contribution >= 0.6 is 0 Å². The number of fused-ring (bicyclic) bond motifs is 1. The average molecular weight is 384 g/mol. The minimum Gasteiger partial charge on any atom is -0.383 e. The highest BCUT2D eigenvalue weighted by Gasteiger charge is 2.11. The van der Waals surface area contributed by atoms with Crippen LogP contribution in [-0.2, 0) is 24.4 Å². The Kier molecular flexibility index (Phi) is 6.33. The Morgan fingerprint density at radius 1 is 1.07 bits per heavy atom. The van der Waals surface area contributed by atoms with E-state index in [-0.39, 0.29) is 30.5 Å². The summed E-state index contributed by atoms with van der Waals surface area (Å²) in [4.78, 5) is 24.6. The number of carbonyl (C=O) groups is 1. The normalized spacial score (nSPS) is 10.8. The number of benzene rings is 2. The first-order valence-corrected chi connectivity index (χ1v) is 8.82. The van der Waals surface area contributed by atoms with E-state index in [1.807, 2.05) is 6.07 Å². The molecular formula is C20H21FN4O3. The molecule has 8 heteroatoms. The first-order valence-electron chi connectivity index (χ1n) is 8.82. The Morgan fingerprint density at radius 2 is 1.75 bits per heavy atom. The maximum Gasteiger partial charge on any atom is 0.315 e. The Hall–Kier alpha value is -3.26. The van der Waals surface area contributed by atoms with Crippen LogP contribution in [0.25, 0.3) is 10.8 Å². The van der Waals surface area contributed by atoms with Crippen molar-refractivity contribution in [2.24, 2.45) is 0 Å². The SMILES string of the molecule is COCCn1nc(CNC(=O)NCc2ccc(F)cc2)c2ccccc2c1=O. The van der Waals surface area contributed by atoms with E-state index in [0.29, 0.717) is 29.6 Å². The van der Waals surface area contributed by atoms with E-state index in [0.717, 1.165) is 5.56 Å².